The normalized spacial score (nSPS) is 11.2. The van der Waals surface area contributed by atoms with Crippen LogP contribution in [-0.4, -0.2) is 18.4 Å². The Morgan fingerprint density at radius 1 is 0.933 bits per heavy atom. The predicted molar refractivity (Wildman–Crippen MR) is 119 cm³/mol. The molecule has 3 aromatic carbocycles. The monoisotopic (exact) mass is 400 g/mol. The molecule has 5 nitrogen and oxygen atoms in total. The van der Waals surface area contributed by atoms with E-state index in [9.17, 15) is 9.59 Å². The summed E-state index contributed by atoms with van der Waals surface area (Å²) in [5.74, 6) is 0.0955. The third-order valence-electron chi connectivity index (χ3n) is 4.55. The fourth-order valence-electron chi connectivity index (χ4n) is 2.94. The Bertz CT molecular complexity index is 1010. The minimum Gasteiger partial charge on any atom is -0.490 e. The molecule has 30 heavy (non-hydrogen) atoms. The van der Waals surface area contributed by atoms with Crippen LogP contribution in [0.4, 0.5) is 5.69 Å². The van der Waals surface area contributed by atoms with Crippen molar-refractivity contribution in [1.29, 1.82) is 0 Å². The first-order valence-electron chi connectivity index (χ1n) is 9.68. The standard InChI is InChI=1S/C25H24N2O3/c1-3-17-30-21-15-13-20(14-16-21)24(28)27-23-12-8-7-11-22(23)25(29)26-18(2)19-9-5-4-6-10-19/h3-16,18H,1,17H2,2H3,(H,26,29)(H,27,28). The van der Waals surface area contributed by atoms with Crippen LogP contribution in [0.15, 0.2) is 91.5 Å². The van der Waals surface area contributed by atoms with Crippen LogP contribution < -0.4 is 15.4 Å². The van der Waals surface area contributed by atoms with Gasteiger partial charge in [0.1, 0.15) is 12.4 Å². The molecule has 152 valence electrons. The number of hydrogen-bond acceptors (Lipinski definition) is 3. The van der Waals surface area contributed by atoms with Crippen molar-refractivity contribution in [3.63, 3.8) is 0 Å². The molecule has 5 heteroatoms. The number of amides is 2. The first kappa shape index (κ1) is 20.9. The molecular formula is C25H24N2O3. The van der Waals surface area contributed by atoms with Crippen molar-refractivity contribution in [2.24, 2.45) is 0 Å². The Morgan fingerprint density at radius 3 is 2.30 bits per heavy atom. The van der Waals surface area contributed by atoms with Crippen LogP contribution in [-0.2, 0) is 0 Å². The number of anilines is 1. The largest absolute Gasteiger partial charge is 0.490 e. The Morgan fingerprint density at radius 2 is 1.60 bits per heavy atom. The van der Waals surface area contributed by atoms with Crippen molar-refractivity contribution in [2.75, 3.05) is 11.9 Å². The molecule has 0 saturated carbocycles. The second-order valence-corrected chi connectivity index (χ2v) is 6.73. The number of para-hydroxylation sites is 1. The summed E-state index contributed by atoms with van der Waals surface area (Å²) in [4.78, 5) is 25.5. The van der Waals surface area contributed by atoms with Gasteiger partial charge in [-0.25, -0.2) is 0 Å². The van der Waals surface area contributed by atoms with Crippen LogP contribution in [0.5, 0.6) is 5.75 Å². The molecule has 3 rings (SSSR count). The third kappa shape index (κ3) is 5.35. The number of carbonyl (C=O) groups excluding carboxylic acids is 2. The maximum atomic E-state index is 12.8. The summed E-state index contributed by atoms with van der Waals surface area (Å²) < 4.78 is 5.43. The number of carbonyl (C=O) groups is 2. The van der Waals surface area contributed by atoms with Gasteiger partial charge in [-0.05, 0) is 48.9 Å². The van der Waals surface area contributed by atoms with Crippen LogP contribution in [0.3, 0.4) is 0 Å². The van der Waals surface area contributed by atoms with Crippen LogP contribution >= 0.6 is 0 Å². The van der Waals surface area contributed by atoms with E-state index in [1.807, 2.05) is 37.3 Å². The molecule has 2 N–H and O–H groups in total. The molecular weight excluding hydrogens is 376 g/mol. The van der Waals surface area contributed by atoms with E-state index in [0.29, 0.717) is 29.2 Å². The van der Waals surface area contributed by atoms with Gasteiger partial charge in [-0.15, -0.1) is 0 Å². The van der Waals surface area contributed by atoms with Crippen molar-refractivity contribution in [1.82, 2.24) is 5.32 Å². The van der Waals surface area contributed by atoms with Crippen LogP contribution in [0.1, 0.15) is 39.2 Å². The van der Waals surface area contributed by atoms with Gasteiger partial charge < -0.3 is 15.4 Å². The van der Waals surface area contributed by atoms with Gasteiger partial charge in [0.25, 0.3) is 11.8 Å². The lowest BCUT2D eigenvalue weighted by atomic mass is 10.1. The molecule has 2 amide bonds. The number of ether oxygens (including phenoxy) is 1. The highest BCUT2D eigenvalue weighted by atomic mass is 16.5. The molecule has 0 bridgehead atoms. The minimum absolute atomic E-state index is 0.162. The van der Waals surface area contributed by atoms with Crippen molar-refractivity contribution in [2.45, 2.75) is 13.0 Å². The highest BCUT2D eigenvalue weighted by Crippen LogP contribution is 2.20. The van der Waals surface area contributed by atoms with Gasteiger partial charge in [-0.3, -0.25) is 9.59 Å². The molecule has 0 saturated heterocycles. The van der Waals surface area contributed by atoms with E-state index < -0.39 is 0 Å². The highest BCUT2D eigenvalue weighted by molar-refractivity contribution is 6.09. The van der Waals surface area contributed by atoms with E-state index in [2.05, 4.69) is 17.2 Å². The molecule has 0 radical (unpaired) electrons. The zero-order valence-electron chi connectivity index (χ0n) is 16.8. The van der Waals surface area contributed by atoms with Crippen LogP contribution in [0.2, 0.25) is 0 Å². The SMILES string of the molecule is C=CCOc1ccc(C(=O)Nc2ccccc2C(=O)NC(C)c2ccccc2)cc1. The fraction of sp³-hybridized carbons (Fsp3) is 0.120. The molecule has 1 atom stereocenters. The van der Waals surface area contributed by atoms with E-state index in [4.69, 9.17) is 4.74 Å². The quantitative estimate of drug-likeness (QED) is 0.523. The zero-order valence-corrected chi connectivity index (χ0v) is 16.8. The second kappa shape index (κ2) is 10.1. The summed E-state index contributed by atoms with van der Waals surface area (Å²) in [6.07, 6.45) is 1.65. The minimum atomic E-state index is -0.304. The Labute approximate surface area is 176 Å². The van der Waals surface area contributed by atoms with Gasteiger partial charge in [-0.1, -0.05) is 55.1 Å². The van der Waals surface area contributed by atoms with Gasteiger partial charge in [0.2, 0.25) is 0 Å². The summed E-state index contributed by atoms with van der Waals surface area (Å²) in [5.41, 5.74) is 2.33. The predicted octanol–water partition coefficient (Wildman–Crippen LogP) is 4.99. The van der Waals surface area contributed by atoms with E-state index in [0.717, 1.165) is 5.56 Å². The Balaban J connectivity index is 1.70. The van der Waals surface area contributed by atoms with Gasteiger partial charge in [0, 0.05) is 5.56 Å². The van der Waals surface area contributed by atoms with Crippen molar-refractivity contribution in [3.05, 3.63) is 108 Å². The van der Waals surface area contributed by atoms with Gasteiger partial charge >= 0.3 is 0 Å². The highest BCUT2D eigenvalue weighted by Gasteiger charge is 2.16. The van der Waals surface area contributed by atoms with Gasteiger partial charge in [-0.2, -0.15) is 0 Å². The topological polar surface area (TPSA) is 67.4 Å². The summed E-state index contributed by atoms with van der Waals surface area (Å²) in [5, 5.41) is 5.80. The molecule has 1 unspecified atom stereocenters. The van der Waals surface area contributed by atoms with Crippen LogP contribution in [0.25, 0.3) is 0 Å². The first-order chi connectivity index (χ1) is 14.6. The number of hydrogen-bond donors (Lipinski definition) is 2. The second-order valence-electron chi connectivity index (χ2n) is 6.73. The maximum absolute atomic E-state index is 12.8. The first-order valence-corrected chi connectivity index (χ1v) is 9.68. The van der Waals surface area contributed by atoms with E-state index in [-0.39, 0.29) is 17.9 Å². The summed E-state index contributed by atoms with van der Waals surface area (Å²) in [6.45, 7) is 5.92. The number of nitrogens with one attached hydrogen (secondary N) is 2. The lowest BCUT2D eigenvalue weighted by Gasteiger charge is -2.16. The molecule has 0 aliphatic carbocycles. The lowest BCUT2D eigenvalue weighted by Crippen LogP contribution is -2.28. The summed E-state index contributed by atoms with van der Waals surface area (Å²) in [6, 6.07) is 23.3. The van der Waals surface area contributed by atoms with Crippen molar-refractivity contribution >= 4 is 17.5 Å². The van der Waals surface area contributed by atoms with Crippen molar-refractivity contribution < 1.29 is 14.3 Å². The van der Waals surface area contributed by atoms with E-state index in [1.165, 1.54) is 0 Å². The molecule has 0 aliphatic heterocycles. The average Bonchev–Trinajstić information content (AvgIpc) is 2.78. The Hall–Kier alpha value is -3.86. The maximum Gasteiger partial charge on any atom is 0.255 e. The molecule has 0 heterocycles. The van der Waals surface area contributed by atoms with Crippen LogP contribution in [0, 0.1) is 0 Å². The van der Waals surface area contributed by atoms with Crippen molar-refractivity contribution in [3.8, 4) is 5.75 Å². The average molecular weight is 400 g/mol. The molecule has 0 spiro atoms. The Kier molecular flexibility index (Phi) is 7.00. The smallest absolute Gasteiger partial charge is 0.255 e. The fourth-order valence-corrected chi connectivity index (χ4v) is 2.94. The lowest BCUT2D eigenvalue weighted by molar-refractivity contribution is 0.0941. The summed E-state index contributed by atoms with van der Waals surface area (Å²) >= 11 is 0. The van der Waals surface area contributed by atoms with Gasteiger partial charge in [0.05, 0.1) is 17.3 Å². The van der Waals surface area contributed by atoms with Gasteiger partial charge in [0.15, 0.2) is 0 Å². The summed E-state index contributed by atoms with van der Waals surface area (Å²) in [7, 11) is 0. The molecule has 0 aliphatic rings. The number of rotatable bonds is 8. The number of benzene rings is 3. The molecule has 0 fully saturated rings. The zero-order chi connectivity index (χ0) is 21.3. The van der Waals surface area contributed by atoms with E-state index in [1.54, 1.807) is 54.6 Å². The van der Waals surface area contributed by atoms with E-state index >= 15 is 0 Å². The molecule has 0 aromatic heterocycles. The third-order valence-corrected chi connectivity index (χ3v) is 4.55. The molecule has 3 aromatic rings.